The second-order valence-electron chi connectivity index (χ2n) is 6.78. The Kier molecular flexibility index (Phi) is 6.67. The van der Waals surface area contributed by atoms with Gasteiger partial charge in [0.1, 0.15) is 5.75 Å². The molecule has 2 atom stereocenters. The van der Waals surface area contributed by atoms with E-state index in [0.29, 0.717) is 18.2 Å². The van der Waals surface area contributed by atoms with Gasteiger partial charge in [-0.05, 0) is 37.3 Å². The Labute approximate surface area is 144 Å². The molecule has 3 N–H and O–H groups in total. The summed E-state index contributed by atoms with van der Waals surface area (Å²) in [7, 11) is 0. The normalized spacial score (nSPS) is 19.5. The number of anilines is 1. The first-order chi connectivity index (χ1) is 11.5. The molecule has 0 heterocycles. The standard InChI is InChI=1S/C19H28N2O3/c1-13(2)8-9-24-18-11-17(6-4-14(18)3)21-19(23)20-16-7-5-15(10-16)12-22/h4-7,11,13,15-16,22H,8-10,12H2,1-3H3,(H2,20,21,23)/t15-,16+/m0/s1. The van der Waals surface area contributed by atoms with Gasteiger partial charge < -0.3 is 20.5 Å². The molecule has 132 valence electrons. The first kappa shape index (κ1) is 18.3. The monoisotopic (exact) mass is 332 g/mol. The highest BCUT2D eigenvalue weighted by molar-refractivity contribution is 5.89. The number of hydrogen-bond acceptors (Lipinski definition) is 3. The van der Waals surface area contributed by atoms with Gasteiger partial charge in [-0.3, -0.25) is 0 Å². The summed E-state index contributed by atoms with van der Waals surface area (Å²) in [6.07, 6.45) is 5.60. The van der Waals surface area contributed by atoms with Crippen LogP contribution < -0.4 is 15.4 Å². The van der Waals surface area contributed by atoms with E-state index in [2.05, 4.69) is 24.5 Å². The second kappa shape index (κ2) is 8.73. The first-order valence-corrected chi connectivity index (χ1v) is 8.58. The maximum Gasteiger partial charge on any atom is 0.319 e. The van der Waals surface area contributed by atoms with Crippen LogP contribution in [0.15, 0.2) is 30.4 Å². The van der Waals surface area contributed by atoms with Crippen LogP contribution in [0.4, 0.5) is 10.5 Å². The fraction of sp³-hybridized carbons (Fsp3) is 0.526. The van der Waals surface area contributed by atoms with Crippen molar-refractivity contribution in [1.29, 1.82) is 0 Å². The Bertz CT molecular complexity index is 584. The molecule has 1 aliphatic carbocycles. The zero-order chi connectivity index (χ0) is 17.5. The lowest BCUT2D eigenvalue weighted by Crippen LogP contribution is -2.36. The van der Waals surface area contributed by atoms with Crippen molar-refractivity contribution in [2.75, 3.05) is 18.5 Å². The molecule has 0 saturated heterocycles. The molecule has 0 spiro atoms. The molecule has 0 aromatic heterocycles. The number of ether oxygens (including phenoxy) is 1. The average molecular weight is 332 g/mol. The summed E-state index contributed by atoms with van der Waals surface area (Å²) in [5.41, 5.74) is 1.76. The number of aliphatic hydroxyl groups is 1. The van der Waals surface area contributed by atoms with Crippen molar-refractivity contribution >= 4 is 11.7 Å². The van der Waals surface area contributed by atoms with E-state index in [4.69, 9.17) is 9.84 Å². The van der Waals surface area contributed by atoms with Crippen molar-refractivity contribution in [3.63, 3.8) is 0 Å². The van der Waals surface area contributed by atoms with Gasteiger partial charge in [0.25, 0.3) is 0 Å². The van der Waals surface area contributed by atoms with Crippen LogP contribution in [-0.2, 0) is 0 Å². The second-order valence-corrected chi connectivity index (χ2v) is 6.78. The maximum atomic E-state index is 12.1. The summed E-state index contributed by atoms with van der Waals surface area (Å²) in [5.74, 6) is 1.53. The zero-order valence-corrected chi connectivity index (χ0v) is 14.7. The Balaban J connectivity index is 1.87. The molecule has 1 aromatic carbocycles. The Morgan fingerprint density at radius 2 is 2.17 bits per heavy atom. The number of aliphatic hydroxyl groups excluding tert-OH is 1. The van der Waals surface area contributed by atoms with Gasteiger partial charge in [-0.15, -0.1) is 0 Å². The van der Waals surface area contributed by atoms with E-state index in [1.54, 1.807) is 0 Å². The number of benzene rings is 1. The van der Waals surface area contributed by atoms with Gasteiger partial charge in [0.2, 0.25) is 0 Å². The number of rotatable bonds is 7. The van der Waals surface area contributed by atoms with E-state index in [1.807, 2.05) is 37.3 Å². The van der Waals surface area contributed by atoms with Crippen LogP contribution in [0.25, 0.3) is 0 Å². The number of carbonyl (C=O) groups is 1. The van der Waals surface area contributed by atoms with Crippen LogP contribution in [0.1, 0.15) is 32.3 Å². The van der Waals surface area contributed by atoms with Gasteiger partial charge in [0.05, 0.1) is 6.61 Å². The summed E-state index contributed by atoms with van der Waals surface area (Å²) in [6.45, 7) is 7.11. The molecule has 1 aliphatic rings. The Morgan fingerprint density at radius 3 is 2.83 bits per heavy atom. The van der Waals surface area contributed by atoms with E-state index < -0.39 is 0 Å². The van der Waals surface area contributed by atoms with E-state index in [0.717, 1.165) is 24.2 Å². The van der Waals surface area contributed by atoms with Gasteiger partial charge in [-0.25, -0.2) is 4.79 Å². The number of urea groups is 1. The van der Waals surface area contributed by atoms with Crippen LogP contribution in [0.5, 0.6) is 5.75 Å². The highest BCUT2D eigenvalue weighted by Crippen LogP contribution is 2.23. The van der Waals surface area contributed by atoms with Crippen LogP contribution >= 0.6 is 0 Å². The number of carbonyl (C=O) groups excluding carboxylic acids is 1. The summed E-state index contributed by atoms with van der Waals surface area (Å²) < 4.78 is 5.82. The van der Waals surface area contributed by atoms with Crippen molar-refractivity contribution < 1.29 is 14.6 Å². The molecule has 0 fully saturated rings. The smallest absolute Gasteiger partial charge is 0.319 e. The maximum absolute atomic E-state index is 12.1. The molecular formula is C19H28N2O3. The molecule has 0 unspecified atom stereocenters. The van der Waals surface area contributed by atoms with Crippen molar-refractivity contribution in [2.45, 2.75) is 39.7 Å². The van der Waals surface area contributed by atoms with Gasteiger partial charge in [0, 0.05) is 30.3 Å². The number of amides is 2. The summed E-state index contributed by atoms with van der Waals surface area (Å²) in [5, 5.41) is 14.9. The minimum absolute atomic E-state index is 0.0330. The van der Waals surface area contributed by atoms with E-state index in [1.165, 1.54) is 0 Å². The molecular weight excluding hydrogens is 304 g/mol. The van der Waals surface area contributed by atoms with E-state index in [-0.39, 0.29) is 24.6 Å². The SMILES string of the molecule is Cc1ccc(NC(=O)N[C@@H]2C=C[C@H](CO)C2)cc1OCCC(C)C. The van der Waals surface area contributed by atoms with Crippen molar-refractivity contribution in [3.05, 3.63) is 35.9 Å². The lowest BCUT2D eigenvalue weighted by Gasteiger charge is -2.15. The summed E-state index contributed by atoms with van der Waals surface area (Å²) in [6, 6.07) is 5.38. The highest BCUT2D eigenvalue weighted by Gasteiger charge is 2.19. The van der Waals surface area contributed by atoms with Gasteiger partial charge in [-0.1, -0.05) is 32.1 Å². The first-order valence-electron chi connectivity index (χ1n) is 8.58. The number of nitrogens with one attached hydrogen (secondary N) is 2. The van der Waals surface area contributed by atoms with Crippen molar-refractivity contribution in [3.8, 4) is 5.75 Å². The minimum atomic E-state index is -0.250. The molecule has 5 nitrogen and oxygen atoms in total. The van der Waals surface area contributed by atoms with Gasteiger partial charge in [0.15, 0.2) is 0 Å². The topological polar surface area (TPSA) is 70.6 Å². The predicted molar refractivity (Wildman–Crippen MR) is 96.4 cm³/mol. The quantitative estimate of drug-likeness (QED) is 0.670. The molecule has 1 aromatic rings. The van der Waals surface area contributed by atoms with E-state index >= 15 is 0 Å². The van der Waals surface area contributed by atoms with Crippen molar-refractivity contribution in [2.24, 2.45) is 11.8 Å². The van der Waals surface area contributed by atoms with Crippen molar-refractivity contribution in [1.82, 2.24) is 5.32 Å². The molecule has 0 saturated carbocycles. The zero-order valence-electron chi connectivity index (χ0n) is 14.7. The van der Waals surface area contributed by atoms with Crippen LogP contribution in [0.2, 0.25) is 0 Å². The lowest BCUT2D eigenvalue weighted by molar-refractivity contribution is 0.238. The highest BCUT2D eigenvalue weighted by atomic mass is 16.5. The minimum Gasteiger partial charge on any atom is -0.493 e. The molecule has 2 rings (SSSR count). The fourth-order valence-electron chi connectivity index (χ4n) is 2.59. The average Bonchev–Trinajstić information content (AvgIpc) is 2.97. The third-order valence-corrected chi connectivity index (χ3v) is 4.12. The van der Waals surface area contributed by atoms with E-state index in [9.17, 15) is 4.79 Å². The predicted octanol–water partition coefficient (Wildman–Crippen LogP) is 3.48. The van der Waals surface area contributed by atoms with Crippen LogP contribution in [-0.4, -0.2) is 30.4 Å². The molecule has 0 aliphatic heterocycles. The third-order valence-electron chi connectivity index (χ3n) is 4.12. The largest absolute Gasteiger partial charge is 0.493 e. The van der Waals surface area contributed by atoms with Crippen LogP contribution in [0.3, 0.4) is 0 Å². The number of hydrogen-bond donors (Lipinski definition) is 3. The molecule has 0 bridgehead atoms. The molecule has 5 heteroatoms. The lowest BCUT2D eigenvalue weighted by atomic mass is 10.1. The number of aryl methyl sites for hydroxylation is 1. The molecule has 2 amide bonds. The van der Waals surface area contributed by atoms with Crippen LogP contribution in [0, 0.1) is 18.8 Å². The molecule has 0 radical (unpaired) electrons. The van der Waals surface area contributed by atoms with Gasteiger partial charge >= 0.3 is 6.03 Å². The van der Waals surface area contributed by atoms with Gasteiger partial charge in [-0.2, -0.15) is 0 Å². The molecule has 24 heavy (non-hydrogen) atoms. The Morgan fingerprint density at radius 1 is 1.38 bits per heavy atom. The Hall–Kier alpha value is -2.01. The third kappa shape index (κ3) is 5.57. The fourth-order valence-corrected chi connectivity index (χ4v) is 2.59. The summed E-state index contributed by atoms with van der Waals surface area (Å²) in [4.78, 5) is 12.1. The summed E-state index contributed by atoms with van der Waals surface area (Å²) >= 11 is 0.